The molecule has 0 aliphatic rings. The summed E-state index contributed by atoms with van der Waals surface area (Å²) in [5, 5.41) is 1.05. The maximum atomic E-state index is 12.6. The molecule has 19 heavy (non-hydrogen) atoms. The van der Waals surface area contributed by atoms with Crippen LogP contribution in [0, 0.1) is 0 Å². The fourth-order valence-corrected chi connectivity index (χ4v) is 2.21. The van der Waals surface area contributed by atoms with E-state index in [2.05, 4.69) is 0 Å². The fraction of sp³-hybridized carbons (Fsp3) is 0.0625. The van der Waals surface area contributed by atoms with Gasteiger partial charge in [0.25, 0.3) is 5.91 Å². The van der Waals surface area contributed by atoms with Crippen molar-refractivity contribution in [2.75, 3.05) is 7.11 Å². The number of hydrogen-bond donors (Lipinski definition) is 0. The molecule has 0 bridgehead atoms. The van der Waals surface area contributed by atoms with E-state index in [-0.39, 0.29) is 5.91 Å². The van der Waals surface area contributed by atoms with E-state index in [1.54, 1.807) is 30.0 Å². The fourth-order valence-electron chi connectivity index (χ4n) is 2.21. The van der Waals surface area contributed by atoms with Crippen LogP contribution in [0.25, 0.3) is 10.9 Å². The third kappa shape index (κ3) is 1.89. The monoisotopic (exact) mass is 251 g/mol. The Bertz CT molecular complexity index is 743. The number of aromatic nitrogens is 1. The summed E-state index contributed by atoms with van der Waals surface area (Å²) in [5.74, 6) is 0.504. The second-order valence-corrected chi connectivity index (χ2v) is 4.25. The summed E-state index contributed by atoms with van der Waals surface area (Å²) in [5.41, 5.74) is 1.46. The minimum Gasteiger partial charge on any atom is -0.496 e. The molecule has 0 fully saturated rings. The number of ether oxygens (including phenoxy) is 1. The molecule has 0 saturated heterocycles. The quantitative estimate of drug-likeness (QED) is 0.699. The predicted octanol–water partition coefficient (Wildman–Crippen LogP) is 3.34. The number of hydrogen-bond acceptors (Lipinski definition) is 2. The molecule has 2 aromatic carbocycles. The van der Waals surface area contributed by atoms with Crippen molar-refractivity contribution in [1.82, 2.24) is 4.57 Å². The lowest BCUT2D eigenvalue weighted by molar-refractivity contribution is 0.0962. The molecule has 0 radical (unpaired) electrons. The summed E-state index contributed by atoms with van der Waals surface area (Å²) in [6.07, 6.45) is 1.79. The van der Waals surface area contributed by atoms with E-state index in [9.17, 15) is 4.79 Å². The average molecular weight is 251 g/mol. The molecule has 0 aliphatic heterocycles. The summed E-state index contributed by atoms with van der Waals surface area (Å²) in [6, 6.07) is 17.0. The molecule has 0 spiro atoms. The molecule has 0 amide bonds. The van der Waals surface area contributed by atoms with Gasteiger partial charge in [-0.2, -0.15) is 0 Å². The molecule has 1 aromatic heterocycles. The topological polar surface area (TPSA) is 31.2 Å². The highest BCUT2D eigenvalue weighted by atomic mass is 16.5. The number of carbonyl (C=O) groups excluding carboxylic acids is 1. The first-order valence-electron chi connectivity index (χ1n) is 6.05. The summed E-state index contributed by atoms with van der Waals surface area (Å²) in [6.45, 7) is 0. The molecule has 3 rings (SSSR count). The van der Waals surface area contributed by atoms with Crippen molar-refractivity contribution in [3.63, 3.8) is 0 Å². The Morgan fingerprint density at radius 2 is 1.74 bits per heavy atom. The lowest BCUT2D eigenvalue weighted by Gasteiger charge is -2.08. The van der Waals surface area contributed by atoms with Gasteiger partial charge in [-0.3, -0.25) is 9.36 Å². The lowest BCUT2D eigenvalue weighted by Crippen LogP contribution is -2.11. The Hall–Kier alpha value is -2.55. The second kappa shape index (κ2) is 4.61. The molecular formula is C16H13NO2. The van der Waals surface area contributed by atoms with Gasteiger partial charge in [0.15, 0.2) is 0 Å². The third-order valence-corrected chi connectivity index (χ3v) is 3.16. The molecule has 0 atom stereocenters. The summed E-state index contributed by atoms with van der Waals surface area (Å²) in [4.78, 5) is 12.6. The van der Waals surface area contributed by atoms with Crippen molar-refractivity contribution < 1.29 is 9.53 Å². The van der Waals surface area contributed by atoms with Crippen LogP contribution >= 0.6 is 0 Å². The first-order valence-corrected chi connectivity index (χ1v) is 6.05. The van der Waals surface area contributed by atoms with Crippen LogP contribution in [0.4, 0.5) is 0 Å². The number of nitrogens with zero attached hydrogens (tertiary/aromatic N) is 1. The zero-order valence-corrected chi connectivity index (χ0v) is 10.5. The van der Waals surface area contributed by atoms with Crippen LogP contribution in [0.3, 0.4) is 0 Å². The van der Waals surface area contributed by atoms with Crippen LogP contribution in [0.15, 0.2) is 60.8 Å². The molecular weight excluding hydrogens is 238 g/mol. The lowest BCUT2D eigenvalue weighted by atomic mass is 10.2. The van der Waals surface area contributed by atoms with E-state index >= 15 is 0 Å². The highest BCUT2D eigenvalue weighted by Crippen LogP contribution is 2.22. The molecule has 94 valence electrons. The first kappa shape index (κ1) is 11.5. The summed E-state index contributed by atoms with van der Waals surface area (Å²) < 4.78 is 6.89. The largest absolute Gasteiger partial charge is 0.496 e. The van der Waals surface area contributed by atoms with Gasteiger partial charge in [0, 0.05) is 11.6 Å². The maximum absolute atomic E-state index is 12.6. The van der Waals surface area contributed by atoms with E-state index in [0.717, 1.165) is 10.9 Å². The van der Waals surface area contributed by atoms with E-state index in [1.165, 1.54) is 0 Å². The zero-order valence-electron chi connectivity index (χ0n) is 10.5. The standard InChI is InChI=1S/C16H13NO2/c1-19-15-9-5-3-7-13(15)16(18)17-11-10-12-6-2-4-8-14(12)17/h2-11H,1H3. The SMILES string of the molecule is COc1ccccc1C(=O)n1ccc2ccccc21. The van der Waals surface area contributed by atoms with Crippen molar-refractivity contribution in [3.8, 4) is 5.75 Å². The van der Waals surface area contributed by atoms with Gasteiger partial charge in [-0.15, -0.1) is 0 Å². The molecule has 0 N–H and O–H groups in total. The molecule has 3 heteroatoms. The molecule has 3 nitrogen and oxygen atoms in total. The minimum atomic E-state index is -0.0846. The number of para-hydroxylation sites is 2. The Morgan fingerprint density at radius 1 is 1.00 bits per heavy atom. The second-order valence-electron chi connectivity index (χ2n) is 4.25. The van der Waals surface area contributed by atoms with Crippen LogP contribution < -0.4 is 4.74 Å². The summed E-state index contributed by atoms with van der Waals surface area (Å²) >= 11 is 0. The van der Waals surface area contributed by atoms with Gasteiger partial charge in [0.05, 0.1) is 18.2 Å². The average Bonchev–Trinajstić information content (AvgIpc) is 2.90. The molecule has 3 aromatic rings. The number of fused-ring (bicyclic) bond motifs is 1. The van der Waals surface area contributed by atoms with Crippen LogP contribution in [0.1, 0.15) is 10.4 Å². The van der Waals surface area contributed by atoms with E-state index < -0.39 is 0 Å². The summed E-state index contributed by atoms with van der Waals surface area (Å²) in [7, 11) is 1.57. The van der Waals surface area contributed by atoms with Gasteiger partial charge < -0.3 is 4.74 Å². The number of benzene rings is 2. The number of methoxy groups -OCH3 is 1. The van der Waals surface area contributed by atoms with E-state index in [1.807, 2.05) is 42.5 Å². The molecule has 1 heterocycles. The van der Waals surface area contributed by atoms with Crippen molar-refractivity contribution in [2.24, 2.45) is 0 Å². The predicted molar refractivity (Wildman–Crippen MR) is 74.7 cm³/mol. The van der Waals surface area contributed by atoms with Gasteiger partial charge in [0.2, 0.25) is 0 Å². The van der Waals surface area contributed by atoms with Gasteiger partial charge in [-0.1, -0.05) is 30.3 Å². The van der Waals surface area contributed by atoms with Crippen LogP contribution in [0.2, 0.25) is 0 Å². The van der Waals surface area contributed by atoms with E-state index in [0.29, 0.717) is 11.3 Å². The van der Waals surface area contributed by atoms with Crippen molar-refractivity contribution >= 4 is 16.8 Å². The maximum Gasteiger partial charge on any atom is 0.266 e. The van der Waals surface area contributed by atoms with Crippen LogP contribution in [-0.4, -0.2) is 17.6 Å². The van der Waals surface area contributed by atoms with Crippen molar-refractivity contribution in [2.45, 2.75) is 0 Å². The van der Waals surface area contributed by atoms with Gasteiger partial charge in [0.1, 0.15) is 5.75 Å². The Labute approximate surface area is 111 Å². The highest BCUT2D eigenvalue weighted by molar-refractivity contribution is 6.03. The van der Waals surface area contributed by atoms with Gasteiger partial charge in [-0.25, -0.2) is 0 Å². The normalized spacial score (nSPS) is 10.6. The van der Waals surface area contributed by atoms with Gasteiger partial charge in [-0.05, 0) is 24.3 Å². The highest BCUT2D eigenvalue weighted by Gasteiger charge is 2.15. The van der Waals surface area contributed by atoms with Crippen molar-refractivity contribution in [3.05, 3.63) is 66.4 Å². The number of carbonyl (C=O) groups is 1. The van der Waals surface area contributed by atoms with Gasteiger partial charge >= 0.3 is 0 Å². The first-order chi connectivity index (χ1) is 9.31. The third-order valence-electron chi connectivity index (χ3n) is 3.16. The molecule has 0 saturated carbocycles. The molecule has 0 aliphatic carbocycles. The Balaban J connectivity index is 2.14. The van der Waals surface area contributed by atoms with Crippen LogP contribution in [0.5, 0.6) is 5.75 Å². The van der Waals surface area contributed by atoms with Crippen molar-refractivity contribution in [1.29, 1.82) is 0 Å². The zero-order chi connectivity index (χ0) is 13.2. The van der Waals surface area contributed by atoms with Crippen LogP contribution in [-0.2, 0) is 0 Å². The Morgan fingerprint density at radius 3 is 2.58 bits per heavy atom. The minimum absolute atomic E-state index is 0.0846. The van der Waals surface area contributed by atoms with E-state index in [4.69, 9.17) is 4.74 Å². The smallest absolute Gasteiger partial charge is 0.266 e. The Kier molecular flexibility index (Phi) is 2.80. The molecule has 0 unspecified atom stereocenters. The number of rotatable bonds is 2.